The van der Waals surface area contributed by atoms with Crippen molar-refractivity contribution in [2.75, 3.05) is 17.7 Å². The first kappa shape index (κ1) is 13.0. The Kier molecular flexibility index (Phi) is 3.72. The third kappa shape index (κ3) is 2.86. The highest BCUT2D eigenvalue weighted by Gasteiger charge is 2.12. The van der Waals surface area contributed by atoms with Gasteiger partial charge in [-0.2, -0.15) is 5.26 Å². The predicted octanol–water partition coefficient (Wildman–Crippen LogP) is 3.34. The summed E-state index contributed by atoms with van der Waals surface area (Å²) in [6, 6.07) is 17.8. The van der Waals surface area contributed by atoms with Crippen LogP contribution in [-0.2, 0) is 0 Å². The minimum atomic E-state index is 0.192. The monoisotopic (exact) mass is 251 g/mol. The van der Waals surface area contributed by atoms with Crippen molar-refractivity contribution in [2.45, 2.75) is 13.0 Å². The Morgan fingerprint density at radius 3 is 2.58 bits per heavy atom. The van der Waals surface area contributed by atoms with Crippen LogP contribution in [0.5, 0.6) is 0 Å². The normalized spacial score (nSPS) is 11.6. The predicted molar refractivity (Wildman–Crippen MR) is 78.8 cm³/mol. The van der Waals surface area contributed by atoms with E-state index in [1.165, 1.54) is 0 Å². The number of anilines is 2. The number of nitrogens with zero attached hydrogens (tertiary/aromatic N) is 2. The van der Waals surface area contributed by atoms with Gasteiger partial charge >= 0.3 is 0 Å². The smallest absolute Gasteiger partial charge is 0.0992 e. The van der Waals surface area contributed by atoms with Gasteiger partial charge in [0, 0.05) is 18.4 Å². The van der Waals surface area contributed by atoms with Gasteiger partial charge in [0.1, 0.15) is 0 Å². The molecule has 0 heterocycles. The summed E-state index contributed by atoms with van der Waals surface area (Å²) in [7, 11) is 2.02. The van der Waals surface area contributed by atoms with Crippen LogP contribution in [0.4, 0.5) is 11.4 Å². The lowest BCUT2D eigenvalue weighted by Crippen LogP contribution is -2.21. The summed E-state index contributed by atoms with van der Waals surface area (Å²) in [5, 5.41) is 8.95. The maximum Gasteiger partial charge on any atom is 0.0992 e. The van der Waals surface area contributed by atoms with Gasteiger partial charge in [0.2, 0.25) is 0 Å². The van der Waals surface area contributed by atoms with Crippen molar-refractivity contribution in [1.82, 2.24) is 0 Å². The van der Waals surface area contributed by atoms with Gasteiger partial charge in [-0.05, 0) is 42.8 Å². The summed E-state index contributed by atoms with van der Waals surface area (Å²) in [4.78, 5) is 2.13. The highest BCUT2D eigenvalue weighted by molar-refractivity contribution is 5.53. The lowest BCUT2D eigenvalue weighted by molar-refractivity contribution is 0.740. The molecule has 0 aliphatic carbocycles. The lowest BCUT2D eigenvalue weighted by Gasteiger charge is -2.27. The zero-order valence-electron chi connectivity index (χ0n) is 11.2. The quantitative estimate of drug-likeness (QED) is 0.851. The highest BCUT2D eigenvalue weighted by Crippen LogP contribution is 2.26. The van der Waals surface area contributed by atoms with E-state index in [0.29, 0.717) is 5.56 Å². The Morgan fingerprint density at radius 1 is 1.16 bits per heavy atom. The van der Waals surface area contributed by atoms with E-state index in [2.05, 4.69) is 24.0 Å². The maximum absolute atomic E-state index is 8.95. The van der Waals surface area contributed by atoms with E-state index in [0.717, 1.165) is 16.9 Å². The Labute approximate surface area is 113 Å². The molecule has 0 saturated carbocycles. The van der Waals surface area contributed by atoms with Crippen LogP contribution in [0.2, 0.25) is 0 Å². The Hall–Kier alpha value is -2.47. The summed E-state index contributed by atoms with van der Waals surface area (Å²) >= 11 is 0. The van der Waals surface area contributed by atoms with Crippen LogP contribution in [0.15, 0.2) is 48.5 Å². The van der Waals surface area contributed by atoms with Crippen LogP contribution >= 0.6 is 0 Å². The highest BCUT2D eigenvalue weighted by atomic mass is 15.1. The maximum atomic E-state index is 8.95. The largest absolute Gasteiger partial charge is 0.399 e. The van der Waals surface area contributed by atoms with E-state index in [9.17, 15) is 0 Å². The van der Waals surface area contributed by atoms with Gasteiger partial charge in [0.25, 0.3) is 0 Å². The molecule has 1 atom stereocenters. The first-order chi connectivity index (χ1) is 9.11. The molecule has 2 N–H and O–H groups in total. The van der Waals surface area contributed by atoms with Crippen LogP contribution in [-0.4, -0.2) is 7.05 Å². The van der Waals surface area contributed by atoms with Gasteiger partial charge in [0.15, 0.2) is 0 Å². The summed E-state index contributed by atoms with van der Waals surface area (Å²) in [5.41, 5.74) is 9.44. The molecule has 0 aromatic heterocycles. The number of nitrogens with two attached hydrogens (primary N) is 1. The molecule has 0 fully saturated rings. The molecule has 0 bridgehead atoms. The van der Waals surface area contributed by atoms with Gasteiger partial charge in [-0.3, -0.25) is 0 Å². The number of nitrogen functional groups attached to an aromatic ring is 1. The molecule has 0 aliphatic heterocycles. The second kappa shape index (κ2) is 5.45. The molecule has 19 heavy (non-hydrogen) atoms. The Bertz CT molecular complexity index is 613. The van der Waals surface area contributed by atoms with E-state index in [-0.39, 0.29) is 6.04 Å². The standard InChI is InChI=1S/C16H17N3/c1-12(14-6-4-7-15(18)10-14)19(2)16-8-3-5-13(9-16)11-17/h3-10,12H,18H2,1-2H3. The number of rotatable bonds is 3. The fraction of sp³-hybridized carbons (Fsp3) is 0.188. The van der Waals surface area contributed by atoms with Crippen LogP contribution in [0.3, 0.4) is 0 Å². The minimum absolute atomic E-state index is 0.192. The summed E-state index contributed by atoms with van der Waals surface area (Å²) in [5.74, 6) is 0. The molecule has 1 unspecified atom stereocenters. The van der Waals surface area contributed by atoms with Crippen molar-refractivity contribution < 1.29 is 0 Å². The molecule has 0 saturated heterocycles. The van der Waals surface area contributed by atoms with Crippen LogP contribution in [0.25, 0.3) is 0 Å². The Morgan fingerprint density at radius 2 is 1.89 bits per heavy atom. The fourth-order valence-electron chi connectivity index (χ4n) is 2.06. The van der Waals surface area contributed by atoms with Crippen molar-refractivity contribution in [3.63, 3.8) is 0 Å². The third-order valence-electron chi connectivity index (χ3n) is 3.36. The van der Waals surface area contributed by atoms with Crippen molar-refractivity contribution in [2.24, 2.45) is 0 Å². The third-order valence-corrected chi connectivity index (χ3v) is 3.36. The molecule has 96 valence electrons. The average Bonchev–Trinajstić information content (AvgIpc) is 2.45. The van der Waals surface area contributed by atoms with E-state index < -0.39 is 0 Å². The molecular formula is C16H17N3. The van der Waals surface area contributed by atoms with Crippen molar-refractivity contribution >= 4 is 11.4 Å². The van der Waals surface area contributed by atoms with E-state index >= 15 is 0 Å². The number of hydrogen-bond acceptors (Lipinski definition) is 3. The molecule has 2 rings (SSSR count). The topological polar surface area (TPSA) is 53.0 Å². The zero-order valence-corrected chi connectivity index (χ0v) is 11.2. The van der Waals surface area contributed by atoms with Gasteiger partial charge < -0.3 is 10.6 Å². The molecule has 3 heteroatoms. The molecule has 2 aromatic carbocycles. The molecule has 0 spiro atoms. The first-order valence-corrected chi connectivity index (χ1v) is 6.20. The average molecular weight is 251 g/mol. The summed E-state index contributed by atoms with van der Waals surface area (Å²) < 4.78 is 0. The number of nitriles is 1. The summed E-state index contributed by atoms with van der Waals surface area (Å²) in [6.45, 7) is 2.12. The number of hydrogen-bond donors (Lipinski definition) is 1. The Balaban J connectivity index is 2.28. The van der Waals surface area contributed by atoms with Crippen LogP contribution < -0.4 is 10.6 Å². The summed E-state index contributed by atoms with van der Waals surface area (Å²) in [6.07, 6.45) is 0. The van der Waals surface area contributed by atoms with Gasteiger partial charge in [-0.1, -0.05) is 18.2 Å². The van der Waals surface area contributed by atoms with E-state index in [4.69, 9.17) is 11.0 Å². The van der Waals surface area contributed by atoms with Crippen LogP contribution in [0.1, 0.15) is 24.1 Å². The second-order valence-corrected chi connectivity index (χ2v) is 4.62. The van der Waals surface area contributed by atoms with E-state index in [1.54, 1.807) is 0 Å². The minimum Gasteiger partial charge on any atom is -0.399 e. The van der Waals surface area contributed by atoms with Crippen molar-refractivity contribution in [3.8, 4) is 6.07 Å². The molecule has 3 nitrogen and oxygen atoms in total. The van der Waals surface area contributed by atoms with Gasteiger partial charge in [0.05, 0.1) is 17.7 Å². The van der Waals surface area contributed by atoms with Gasteiger partial charge in [-0.15, -0.1) is 0 Å². The zero-order chi connectivity index (χ0) is 13.8. The van der Waals surface area contributed by atoms with Crippen molar-refractivity contribution in [3.05, 3.63) is 59.7 Å². The molecule has 2 aromatic rings. The SMILES string of the molecule is CC(c1cccc(N)c1)N(C)c1cccc(C#N)c1. The molecule has 0 amide bonds. The van der Waals surface area contributed by atoms with Gasteiger partial charge in [-0.25, -0.2) is 0 Å². The number of benzene rings is 2. The van der Waals surface area contributed by atoms with Crippen LogP contribution in [0, 0.1) is 11.3 Å². The van der Waals surface area contributed by atoms with Crippen molar-refractivity contribution in [1.29, 1.82) is 5.26 Å². The molecule has 0 aliphatic rings. The second-order valence-electron chi connectivity index (χ2n) is 4.62. The molecular weight excluding hydrogens is 234 g/mol. The fourth-order valence-corrected chi connectivity index (χ4v) is 2.06. The first-order valence-electron chi connectivity index (χ1n) is 6.20. The van der Waals surface area contributed by atoms with E-state index in [1.807, 2.05) is 49.5 Å². The lowest BCUT2D eigenvalue weighted by atomic mass is 10.1. The molecule has 0 radical (unpaired) electrons.